The predicted octanol–water partition coefficient (Wildman–Crippen LogP) is 3.45. The molecule has 24 heavy (non-hydrogen) atoms. The van der Waals surface area contributed by atoms with Crippen molar-refractivity contribution >= 4 is 17.6 Å². The Morgan fingerprint density at radius 1 is 1.29 bits per heavy atom. The van der Waals surface area contributed by atoms with E-state index in [0.29, 0.717) is 0 Å². The lowest BCUT2D eigenvalue weighted by Gasteiger charge is -2.41. The van der Waals surface area contributed by atoms with Crippen LogP contribution in [0.15, 0.2) is 18.2 Å². The second-order valence-electron chi connectivity index (χ2n) is 7.41. The van der Waals surface area contributed by atoms with Gasteiger partial charge in [-0.15, -0.1) is 0 Å². The highest BCUT2D eigenvalue weighted by Crippen LogP contribution is 2.39. The van der Waals surface area contributed by atoms with Crippen molar-refractivity contribution in [3.05, 3.63) is 34.6 Å². The molecule has 0 bridgehead atoms. The van der Waals surface area contributed by atoms with Gasteiger partial charge in [0, 0.05) is 45.7 Å². The summed E-state index contributed by atoms with van der Waals surface area (Å²) in [7, 11) is 3.61. The fourth-order valence-corrected chi connectivity index (χ4v) is 4.16. The smallest absolute Gasteiger partial charge is 0.319 e. The van der Waals surface area contributed by atoms with Gasteiger partial charge in [-0.1, -0.05) is 17.7 Å². The van der Waals surface area contributed by atoms with E-state index in [4.69, 9.17) is 11.6 Å². The van der Waals surface area contributed by atoms with Gasteiger partial charge in [-0.3, -0.25) is 4.90 Å². The second kappa shape index (κ2) is 6.89. The number of benzene rings is 1. The molecule has 1 aromatic carbocycles. The van der Waals surface area contributed by atoms with Gasteiger partial charge in [-0.2, -0.15) is 0 Å². The third-order valence-electron chi connectivity index (χ3n) is 5.22. The molecule has 2 saturated heterocycles. The zero-order valence-electron chi connectivity index (χ0n) is 14.4. The summed E-state index contributed by atoms with van der Waals surface area (Å²) in [5.41, 5.74) is 1.14. The first kappa shape index (κ1) is 17.5. The molecule has 6 heteroatoms. The maximum atomic E-state index is 13.6. The van der Waals surface area contributed by atoms with Crippen molar-refractivity contribution in [1.82, 2.24) is 14.7 Å². The first-order valence-electron chi connectivity index (χ1n) is 8.51. The van der Waals surface area contributed by atoms with Crippen LogP contribution in [0.4, 0.5) is 9.18 Å². The minimum atomic E-state index is -0.358. The highest BCUT2D eigenvalue weighted by molar-refractivity contribution is 6.30. The molecule has 2 aliphatic rings. The Kier molecular flexibility index (Phi) is 5.02. The van der Waals surface area contributed by atoms with Crippen LogP contribution in [0.25, 0.3) is 0 Å². The summed E-state index contributed by atoms with van der Waals surface area (Å²) in [6, 6.07) is 5.14. The summed E-state index contributed by atoms with van der Waals surface area (Å²) in [6.07, 6.45) is 3.32. The topological polar surface area (TPSA) is 26.8 Å². The van der Waals surface area contributed by atoms with Crippen molar-refractivity contribution in [1.29, 1.82) is 0 Å². The van der Waals surface area contributed by atoms with Gasteiger partial charge in [0.2, 0.25) is 0 Å². The normalized spacial score (nSPS) is 24.6. The number of hydrogen-bond acceptors (Lipinski definition) is 2. The molecule has 132 valence electrons. The van der Waals surface area contributed by atoms with Crippen molar-refractivity contribution in [2.24, 2.45) is 5.41 Å². The number of hydrogen-bond donors (Lipinski definition) is 0. The van der Waals surface area contributed by atoms with Crippen molar-refractivity contribution < 1.29 is 9.18 Å². The average Bonchev–Trinajstić information content (AvgIpc) is 2.92. The van der Waals surface area contributed by atoms with E-state index in [1.807, 2.05) is 11.0 Å². The maximum absolute atomic E-state index is 13.6. The number of urea groups is 1. The number of piperidine rings is 1. The third kappa shape index (κ3) is 3.67. The van der Waals surface area contributed by atoms with Crippen LogP contribution in [-0.4, -0.2) is 61.0 Å². The lowest BCUT2D eigenvalue weighted by atomic mass is 9.79. The fraction of sp³-hybridized carbons (Fsp3) is 0.611. The first-order chi connectivity index (χ1) is 11.4. The van der Waals surface area contributed by atoms with Crippen LogP contribution in [0.2, 0.25) is 5.02 Å². The van der Waals surface area contributed by atoms with Crippen LogP contribution in [0.3, 0.4) is 0 Å². The molecule has 1 spiro atoms. The Labute approximate surface area is 148 Å². The van der Waals surface area contributed by atoms with Gasteiger partial charge in [0.05, 0.1) is 5.02 Å². The van der Waals surface area contributed by atoms with E-state index in [0.717, 1.165) is 57.5 Å². The van der Waals surface area contributed by atoms with Crippen molar-refractivity contribution in [3.8, 4) is 0 Å². The summed E-state index contributed by atoms with van der Waals surface area (Å²) in [6.45, 7) is 4.37. The van der Waals surface area contributed by atoms with Crippen molar-refractivity contribution in [2.45, 2.75) is 25.8 Å². The summed E-state index contributed by atoms with van der Waals surface area (Å²) < 4.78 is 13.6. The molecule has 1 aromatic rings. The Morgan fingerprint density at radius 3 is 2.79 bits per heavy atom. The van der Waals surface area contributed by atoms with E-state index in [1.165, 1.54) is 6.07 Å². The molecule has 3 rings (SSSR count). The Balaban J connectivity index is 1.63. The van der Waals surface area contributed by atoms with E-state index >= 15 is 0 Å². The summed E-state index contributed by atoms with van der Waals surface area (Å²) in [5.74, 6) is -0.358. The molecule has 4 nitrogen and oxygen atoms in total. The zero-order chi connectivity index (χ0) is 17.3. The van der Waals surface area contributed by atoms with Crippen LogP contribution < -0.4 is 0 Å². The molecule has 0 aliphatic carbocycles. The standard InChI is InChI=1S/C18H25ClFN3O/c1-21(2)17(24)23-8-3-6-18(13-23)7-9-22(12-18)11-14-4-5-15(19)16(20)10-14/h4-5,10H,3,6-9,11-13H2,1-2H3/t18-/m0/s1. The molecule has 2 heterocycles. The lowest BCUT2D eigenvalue weighted by molar-refractivity contribution is 0.0945. The number of carbonyl (C=O) groups excluding carboxylic acids is 1. The molecule has 2 aliphatic heterocycles. The van der Waals surface area contributed by atoms with Crippen LogP contribution in [0.1, 0.15) is 24.8 Å². The van der Waals surface area contributed by atoms with Crippen LogP contribution in [0.5, 0.6) is 0 Å². The maximum Gasteiger partial charge on any atom is 0.319 e. The van der Waals surface area contributed by atoms with E-state index in [-0.39, 0.29) is 22.3 Å². The number of amides is 2. The number of halogens is 2. The fourth-order valence-electron chi connectivity index (χ4n) is 4.05. The van der Waals surface area contributed by atoms with E-state index in [9.17, 15) is 9.18 Å². The van der Waals surface area contributed by atoms with E-state index in [1.54, 1.807) is 25.1 Å². The molecular formula is C18H25ClFN3O. The Hall–Kier alpha value is -1.33. The summed E-state index contributed by atoms with van der Waals surface area (Å²) >= 11 is 5.76. The van der Waals surface area contributed by atoms with Gasteiger partial charge in [0.25, 0.3) is 0 Å². The zero-order valence-corrected chi connectivity index (χ0v) is 15.2. The first-order valence-corrected chi connectivity index (χ1v) is 8.89. The molecule has 2 fully saturated rings. The van der Waals surface area contributed by atoms with Crippen molar-refractivity contribution in [2.75, 3.05) is 40.3 Å². The SMILES string of the molecule is CN(C)C(=O)N1CCC[C@@]2(CCN(Cc3ccc(Cl)c(F)c3)C2)C1. The molecule has 0 aromatic heterocycles. The molecule has 1 atom stereocenters. The third-order valence-corrected chi connectivity index (χ3v) is 5.53. The Bertz CT molecular complexity index is 624. The van der Waals surface area contributed by atoms with E-state index < -0.39 is 0 Å². The molecule has 0 saturated carbocycles. The summed E-state index contributed by atoms with van der Waals surface area (Å²) in [4.78, 5) is 18.3. The number of likely N-dealkylation sites (tertiary alicyclic amines) is 2. The molecular weight excluding hydrogens is 329 g/mol. The molecule has 0 N–H and O–H groups in total. The lowest BCUT2D eigenvalue weighted by Crippen LogP contribution is -2.50. The number of carbonyl (C=O) groups is 1. The second-order valence-corrected chi connectivity index (χ2v) is 7.82. The Morgan fingerprint density at radius 2 is 2.08 bits per heavy atom. The van der Waals surface area contributed by atoms with Gasteiger partial charge in [-0.05, 0) is 43.5 Å². The molecule has 0 radical (unpaired) electrons. The van der Waals surface area contributed by atoms with Crippen LogP contribution in [0, 0.1) is 11.2 Å². The van der Waals surface area contributed by atoms with Gasteiger partial charge in [0.1, 0.15) is 5.82 Å². The minimum Gasteiger partial charge on any atom is -0.331 e. The molecule has 2 amide bonds. The predicted molar refractivity (Wildman–Crippen MR) is 93.6 cm³/mol. The van der Waals surface area contributed by atoms with Gasteiger partial charge >= 0.3 is 6.03 Å². The van der Waals surface area contributed by atoms with Gasteiger partial charge < -0.3 is 9.80 Å². The molecule has 0 unspecified atom stereocenters. The largest absolute Gasteiger partial charge is 0.331 e. The number of rotatable bonds is 2. The highest BCUT2D eigenvalue weighted by atomic mass is 35.5. The minimum absolute atomic E-state index is 0.104. The van der Waals surface area contributed by atoms with E-state index in [2.05, 4.69) is 4.90 Å². The van der Waals surface area contributed by atoms with Crippen molar-refractivity contribution in [3.63, 3.8) is 0 Å². The highest BCUT2D eigenvalue weighted by Gasteiger charge is 2.42. The number of nitrogens with zero attached hydrogens (tertiary/aromatic N) is 3. The average molecular weight is 354 g/mol. The van der Waals surface area contributed by atoms with Crippen LogP contribution in [-0.2, 0) is 6.54 Å². The monoisotopic (exact) mass is 353 g/mol. The van der Waals surface area contributed by atoms with Gasteiger partial charge in [-0.25, -0.2) is 9.18 Å². The van der Waals surface area contributed by atoms with Gasteiger partial charge in [0.15, 0.2) is 0 Å². The summed E-state index contributed by atoms with van der Waals surface area (Å²) in [5, 5.41) is 0.168. The van der Waals surface area contributed by atoms with Crippen LogP contribution >= 0.6 is 11.6 Å². The quantitative estimate of drug-likeness (QED) is 0.814.